The highest BCUT2D eigenvalue weighted by molar-refractivity contribution is 6.19. The first-order valence-corrected chi connectivity index (χ1v) is 10.3. The topological polar surface area (TPSA) is 62.5 Å². The van der Waals surface area contributed by atoms with Gasteiger partial charge >= 0.3 is 0 Å². The molecule has 1 aliphatic heterocycles. The Morgan fingerprint density at radius 1 is 1.30 bits per heavy atom. The molecule has 0 bridgehead atoms. The van der Waals surface area contributed by atoms with Gasteiger partial charge < -0.3 is 14.6 Å². The van der Waals surface area contributed by atoms with Crippen molar-refractivity contribution in [3.8, 4) is 5.75 Å². The zero-order valence-electron chi connectivity index (χ0n) is 17.1. The lowest BCUT2D eigenvalue weighted by atomic mass is 9.92. The number of ketones is 1. The van der Waals surface area contributed by atoms with Crippen molar-refractivity contribution < 1.29 is 14.7 Å². The molecule has 1 unspecified atom stereocenters. The summed E-state index contributed by atoms with van der Waals surface area (Å²) in [5.74, 6) is 0.290. The van der Waals surface area contributed by atoms with Crippen LogP contribution in [-0.2, 0) is 11.8 Å². The molecule has 1 aliphatic rings. The van der Waals surface area contributed by atoms with E-state index in [4.69, 9.17) is 11.6 Å². The van der Waals surface area contributed by atoms with Gasteiger partial charge in [-0.1, -0.05) is 18.2 Å². The van der Waals surface area contributed by atoms with Gasteiger partial charge in [0.2, 0.25) is 0 Å². The van der Waals surface area contributed by atoms with E-state index in [2.05, 4.69) is 0 Å². The summed E-state index contributed by atoms with van der Waals surface area (Å²) in [6, 6.07) is 9.24. The molecule has 1 atom stereocenters. The van der Waals surface area contributed by atoms with E-state index < -0.39 is 0 Å². The largest absolute Gasteiger partial charge is 0.507 e. The summed E-state index contributed by atoms with van der Waals surface area (Å²) < 4.78 is 1.75. The van der Waals surface area contributed by atoms with Crippen LogP contribution < -0.4 is 4.90 Å². The molecule has 0 spiro atoms. The van der Waals surface area contributed by atoms with Crippen molar-refractivity contribution in [2.24, 2.45) is 7.05 Å². The van der Waals surface area contributed by atoms with Gasteiger partial charge in [-0.05, 0) is 54.1 Å². The summed E-state index contributed by atoms with van der Waals surface area (Å²) >= 11 is 6.30. The average molecular weight is 423 g/mol. The molecule has 1 aromatic heterocycles. The van der Waals surface area contributed by atoms with E-state index in [0.717, 1.165) is 27.5 Å². The molecule has 154 valence electrons. The molecule has 0 aliphatic carbocycles. The minimum Gasteiger partial charge on any atom is -0.507 e. The number of anilines is 1. The molecule has 1 N–H and O–H groups in total. The standard InChI is InChI=1S/C24H23ClN2O3/c1-14-5-4-6-18-21(29)10-19-23(22(14)18)17(11-25)13-27(19)24(30)20-9-16(12-26(20)3)8-7-15(2)28/h4-10,12,17,29H,11,13H2,1-3H3. The fourth-order valence-electron chi connectivity index (χ4n) is 4.26. The molecule has 30 heavy (non-hydrogen) atoms. The average Bonchev–Trinajstić information content (AvgIpc) is 3.26. The second-order valence-corrected chi connectivity index (χ2v) is 8.12. The number of phenols is 1. The first-order chi connectivity index (χ1) is 14.3. The van der Waals surface area contributed by atoms with Crippen LogP contribution in [0.1, 0.15) is 40.0 Å². The van der Waals surface area contributed by atoms with Crippen molar-refractivity contribution in [3.63, 3.8) is 0 Å². The first kappa shape index (κ1) is 20.2. The predicted octanol–water partition coefficient (Wildman–Crippen LogP) is 4.78. The molecule has 0 saturated heterocycles. The van der Waals surface area contributed by atoms with Gasteiger partial charge in [0, 0.05) is 43.0 Å². The molecule has 5 nitrogen and oxygen atoms in total. The fourth-order valence-corrected chi connectivity index (χ4v) is 4.51. The second kappa shape index (κ2) is 7.65. The van der Waals surface area contributed by atoms with Crippen molar-refractivity contribution in [2.45, 2.75) is 19.8 Å². The number of halogens is 1. The summed E-state index contributed by atoms with van der Waals surface area (Å²) in [7, 11) is 1.80. The Bertz CT molecular complexity index is 1210. The summed E-state index contributed by atoms with van der Waals surface area (Å²) in [5, 5.41) is 12.4. The van der Waals surface area contributed by atoms with Crippen molar-refractivity contribution in [1.82, 2.24) is 4.57 Å². The second-order valence-electron chi connectivity index (χ2n) is 7.81. The smallest absolute Gasteiger partial charge is 0.274 e. The van der Waals surface area contributed by atoms with Gasteiger partial charge in [-0.3, -0.25) is 9.59 Å². The van der Waals surface area contributed by atoms with Crippen LogP contribution in [0.3, 0.4) is 0 Å². The van der Waals surface area contributed by atoms with Crippen LogP contribution >= 0.6 is 11.6 Å². The third-order valence-electron chi connectivity index (χ3n) is 5.66. The van der Waals surface area contributed by atoms with E-state index in [1.807, 2.05) is 31.3 Å². The SMILES string of the molecule is CC(=O)C=Cc1cc(C(=O)N2CC(CCl)c3c2cc(O)c2cccc(C)c32)n(C)c1. The normalized spacial score (nSPS) is 15.9. The monoisotopic (exact) mass is 422 g/mol. The number of carbonyl (C=O) groups excluding carboxylic acids is 2. The number of aromatic nitrogens is 1. The minimum absolute atomic E-state index is 0.0211. The van der Waals surface area contributed by atoms with Crippen LogP contribution in [0, 0.1) is 6.92 Å². The Balaban J connectivity index is 1.82. The van der Waals surface area contributed by atoms with E-state index in [-0.39, 0.29) is 23.4 Å². The molecule has 6 heteroatoms. The van der Waals surface area contributed by atoms with Crippen LogP contribution in [0.15, 0.2) is 42.6 Å². The molecule has 2 aromatic carbocycles. The van der Waals surface area contributed by atoms with Gasteiger partial charge in [0.25, 0.3) is 5.91 Å². The molecule has 2 heterocycles. The lowest BCUT2D eigenvalue weighted by Crippen LogP contribution is -2.31. The molecule has 0 radical (unpaired) electrons. The Kier molecular flexibility index (Phi) is 5.16. The zero-order valence-corrected chi connectivity index (χ0v) is 17.9. The number of phenolic OH excluding ortho intramolecular Hbond substituents is 1. The summed E-state index contributed by atoms with van der Waals surface area (Å²) in [6.07, 6.45) is 4.98. The Morgan fingerprint density at radius 2 is 2.07 bits per heavy atom. The minimum atomic E-state index is -0.166. The van der Waals surface area contributed by atoms with Crippen molar-refractivity contribution in [1.29, 1.82) is 0 Å². The molecular formula is C24H23ClN2O3. The number of nitrogens with zero attached hydrogens (tertiary/aromatic N) is 2. The van der Waals surface area contributed by atoms with Gasteiger partial charge in [0.1, 0.15) is 11.4 Å². The van der Waals surface area contributed by atoms with E-state index in [9.17, 15) is 14.7 Å². The van der Waals surface area contributed by atoms with Crippen molar-refractivity contribution >= 4 is 45.8 Å². The Labute approximate surface area is 180 Å². The maximum atomic E-state index is 13.5. The number of hydrogen-bond donors (Lipinski definition) is 1. The Morgan fingerprint density at radius 3 is 2.77 bits per heavy atom. The van der Waals surface area contributed by atoms with Gasteiger partial charge in [-0.25, -0.2) is 0 Å². The summed E-state index contributed by atoms with van der Waals surface area (Å²) in [5.41, 5.74) is 4.03. The zero-order chi connectivity index (χ0) is 21.6. The highest BCUT2D eigenvalue weighted by atomic mass is 35.5. The van der Waals surface area contributed by atoms with Gasteiger partial charge in [0.15, 0.2) is 5.78 Å². The van der Waals surface area contributed by atoms with E-state index in [1.165, 1.54) is 13.0 Å². The third-order valence-corrected chi connectivity index (χ3v) is 6.03. The van der Waals surface area contributed by atoms with E-state index in [0.29, 0.717) is 23.8 Å². The summed E-state index contributed by atoms with van der Waals surface area (Å²) in [4.78, 5) is 26.4. The van der Waals surface area contributed by atoms with Crippen LogP contribution in [0.25, 0.3) is 16.8 Å². The number of carbonyl (C=O) groups is 2. The number of hydrogen-bond acceptors (Lipinski definition) is 3. The highest BCUT2D eigenvalue weighted by Gasteiger charge is 2.36. The molecule has 0 saturated carbocycles. The van der Waals surface area contributed by atoms with E-state index in [1.54, 1.807) is 34.7 Å². The maximum absolute atomic E-state index is 13.5. The number of rotatable bonds is 4. The van der Waals surface area contributed by atoms with Crippen LogP contribution in [0.2, 0.25) is 0 Å². The van der Waals surface area contributed by atoms with Gasteiger partial charge in [-0.2, -0.15) is 0 Å². The van der Waals surface area contributed by atoms with E-state index >= 15 is 0 Å². The number of allylic oxidation sites excluding steroid dienone is 1. The highest BCUT2D eigenvalue weighted by Crippen LogP contribution is 2.46. The molecule has 3 aromatic rings. The van der Waals surface area contributed by atoms with Gasteiger partial charge in [-0.15, -0.1) is 11.6 Å². The van der Waals surface area contributed by atoms with Crippen molar-refractivity contribution in [2.75, 3.05) is 17.3 Å². The number of aromatic hydroxyl groups is 1. The number of benzene rings is 2. The predicted molar refractivity (Wildman–Crippen MR) is 121 cm³/mol. The van der Waals surface area contributed by atoms with Crippen LogP contribution in [0.4, 0.5) is 5.69 Å². The lowest BCUT2D eigenvalue weighted by molar-refractivity contribution is -0.112. The lowest BCUT2D eigenvalue weighted by Gasteiger charge is -2.19. The quantitative estimate of drug-likeness (QED) is 0.486. The van der Waals surface area contributed by atoms with Crippen LogP contribution in [0.5, 0.6) is 5.75 Å². The summed E-state index contributed by atoms with van der Waals surface area (Å²) in [6.45, 7) is 3.94. The van der Waals surface area contributed by atoms with Crippen molar-refractivity contribution in [3.05, 3.63) is 65.0 Å². The third kappa shape index (κ3) is 3.29. The van der Waals surface area contributed by atoms with Crippen LogP contribution in [-0.4, -0.2) is 33.8 Å². The Hall–Kier alpha value is -3.05. The number of aryl methyl sites for hydroxylation is 2. The fraction of sp³-hybridized carbons (Fsp3) is 0.250. The molecule has 1 amide bonds. The molecule has 4 rings (SSSR count). The maximum Gasteiger partial charge on any atom is 0.274 e. The number of alkyl halides is 1. The number of fused-ring (bicyclic) bond motifs is 3. The number of amides is 1. The first-order valence-electron chi connectivity index (χ1n) is 9.79. The molecule has 0 fully saturated rings. The van der Waals surface area contributed by atoms with Gasteiger partial charge in [0.05, 0.1) is 5.69 Å². The molecular weight excluding hydrogens is 400 g/mol.